The molecule has 3 nitrogen and oxygen atoms in total. The number of amides is 2. The molecule has 1 aliphatic rings. The number of hydrogen-bond donors (Lipinski definition) is 1. The first-order chi connectivity index (χ1) is 6.16. The molecule has 5 heteroatoms. The summed E-state index contributed by atoms with van der Waals surface area (Å²) in [7, 11) is 0. The first-order valence-corrected chi connectivity index (χ1v) is 4.49. The summed E-state index contributed by atoms with van der Waals surface area (Å²) in [6.07, 6.45) is -1.34. The summed E-state index contributed by atoms with van der Waals surface area (Å²) in [5.74, 6) is 0. The van der Waals surface area contributed by atoms with Gasteiger partial charge >= 0.3 is 6.03 Å². The largest absolute Gasteiger partial charge is 0.338 e. The van der Waals surface area contributed by atoms with Crippen molar-refractivity contribution in [2.75, 3.05) is 13.1 Å². The van der Waals surface area contributed by atoms with Gasteiger partial charge in [-0.15, -0.1) is 0 Å². The van der Waals surface area contributed by atoms with E-state index in [4.69, 9.17) is 0 Å². The molecule has 13 heavy (non-hydrogen) atoms. The number of nitrogens with one attached hydrogen (secondary N) is 1. The van der Waals surface area contributed by atoms with Gasteiger partial charge in [-0.05, 0) is 19.8 Å². The summed E-state index contributed by atoms with van der Waals surface area (Å²) < 4.78 is 24.7. The van der Waals surface area contributed by atoms with Gasteiger partial charge in [0, 0.05) is 13.1 Å². The van der Waals surface area contributed by atoms with Crippen LogP contribution in [0.1, 0.15) is 19.8 Å². The Bertz CT molecular complexity index is 187. The third-order valence-electron chi connectivity index (χ3n) is 2.18. The molecule has 0 unspecified atom stereocenters. The molecule has 0 bridgehead atoms. The fraction of sp³-hybridized carbons (Fsp3) is 0.875. The fourth-order valence-corrected chi connectivity index (χ4v) is 1.56. The molecule has 1 N–H and O–H groups in total. The highest BCUT2D eigenvalue weighted by Crippen LogP contribution is 2.22. The topological polar surface area (TPSA) is 32.3 Å². The standard InChI is InChI=1S/C8H14F2N2O/c1-2-11-8(13)12-5-3-4-6(12)7(9)10/h6-7H,2-5H2,1H3,(H,11,13)/t6-/m1/s1. The average molecular weight is 192 g/mol. The van der Waals surface area contributed by atoms with Crippen molar-refractivity contribution in [2.24, 2.45) is 0 Å². The number of nitrogens with zero attached hydrogens (tertiary/aromatic N) is 1. The van der Waals surface area contributed by atoms with Crippen LogP contribution in [-0.2, 0) is 0 Å². The molecule has 1 heterocycles. The molecule has 0 aliphatic carbocycles. The molecular weight excluding hydrogens is 178 g/mol. The van der Waals surface area contributed by atoms with Crippen LogP contribution in [0, 0.1) is 0 Å². The maximum atomic E-state index is 12.4. The van der Waals surface area contributed by atoms with Gasteiger partial charge in [0.15, 0.2) is 0 Å². The molecular formula is C8H14F2N2O. The number of alkyl halides is 2. The van der Waals surface area contributed by atoms with E-state index in [2.05, 4.69) is 5.32 Å². The number of hydrogen-bond acceptors (Lipinski definition) is 1. The van der Waals surface area contributed by atoms with Crippen LogP contribution in [0.5, 0.6) is 0 Å². The molecule has 1 fully saturated rings. The molecule has 0 saturated carbocycles. The van der Waals surface area contributed by atoms with Crippen LogP contribution in [-0.4, -0.2) is 36.5 Å². The predicted octanol–water partition coefficient (Wildman–Crippen LogP) is 1.45. The third kappa shape index (κ3) is 2.29. The third-order valence-corrected chi connectivity index (χ3v) is 2.18. The van der Waals surface area contributed by atoms with Gasteiger partial charge in [-0.25, -0.2) is 13.6 Å². The summed E-state index contributed by atoms with van der Waals surface area (Å²) in [4.78, 5) is 12.5. The van der Waals surface area contributed by atoms with Crippen molar-refractivity contribution in [3.63, 3.8) is 0 Å². The smallest absolute Gasteiger partial charge is 0.317 e. The minimum absolute atomic E-state index is 0.370. The van der Waals surface area contributed by atoms with Gasteiger partial charge in [0.25, 0.3) is 6.43 Å². The van der Waals surface area contributed by atoms with Gasteiger partial charge in [0.2, 0.25) is 0 Å². The van der Waals surface area contributed by atoms with Crippen molar-refractivity contribution < 1.29 is 13.6 Å². The number of urea groups is 1. The van der Waals surface area contributed by atoms with E-state index in [0.717, 1.165) is 0 Å². The fourth-order valence-electron chi connectivity index (χ4n) is 1.56. The van der Waals surface area contributed by atoms with Gasteiger partial charge in [-0.2, -0.15) is 0 Å². The molecule has 0 spiro atoms. The molecule has 1 aliphatic heterocycles. The lowest BCUT2D eigenvalue weighted by Gasteiger charge is -2.23. The van der Waals surface area contributed by atoms with Crippen molar-refractivity contribution in [3.8, 4) is 0 Å². The second-order valence-corrected chi connectivity index (χ2v) is 3.07. The molecule has 1 rings (SSSR count). The lowest BCUT2D eigenvalue weighted by Crippen LogP contribution is -2.45. The van der Waals surface area contributed by atoms with Gasteiger partial charge < -0.3 is 10.2 Å². The Kier molecular flexibility index (Phi) is 3.45. The van der Waals surface area contributed by atoms with E-state index in [-0.39, 0.29) is 6.03 Å². The molecule has 0 aromatic heterocycles. The Morgan fingerprint density at radius 3 is 2.92 bits per heavy atom. The predicted molar refractivity (Wildman–Crippen MR) is 44.8 cm³/mol. The lowest BCUT2D eigenvalue weighted by molar-refractivity contribution is 0.0608. The SMILES string of the molecule is CCNC(=O)N1CCC[C@@H]1C(F)F. The van der Waals surface area contributed by atoms with Crippen LogP contribution in [0.25, 0.3) is 0 Å². The molecule has 0 radical (unpaired) electrons. The second kappa shape index (κ2) is 4.39. The molecule has 1 atom stereocenters. The van der Waals surface area contributed by atoms with Crippen molar-refractivity contribution in [1.29, 1.82) is 0 Å². The van der Waals surface area contributed by atoms with E-state index >= 15 is 0 Å². The molecule has 76 valence electrons. The minimum atomic E-state index is -2.43. The Labute approximate surface area is 76.1 Å². The molecule has 2 amide bonds. The Morgan fingerprint density at radius 2 is 2.38 bits per heavy atom. The zero-order valence-corrected chi connectivity index (χ0v) is 7.59. The monoisotopic (exact) mass is 192 g/mol. The van der Waals surface area contributed by atoms with Gasteiger partial charge in [0.05, 0.1) is 6.04 Å². The highest BCUT2D eigenvalue weighted by Gasteiger charge is 2.34. The van der Waals surface area contributed by atoms with Crippen LogP contribution >= 0.6 is 0 Å². The number of likely N-dealkylation sites (tertiary alicyclic amines) is 1. The Balaban J connectivity index is 2.52. The van der Waals surface area contributed by atoms with Crippen molar-refractivity contribution in [1.82, 2.24) is 10.2 Å². The maximum absolute atomic E-state index is 12.4. The van der Waals surface area contributed by atoms with Crippen LogP contribution in [0.3, 0.4) is 0 Å². The zero-order valence-electron chi connectivity index (χ0n) is 7.59. The van der Waals surface area contributed by atoms with Crippen LogP contribution in [0.2, 0.25) is 0 Å². The van der Waals surface area contributed by atoms with E-state index in [1.54, 1.807) is 6.92 Å². The van der Waals surface area contributed by atoms with E-state index in [1.165, 1.54) is 4.90 Å². The first-order valence-electron chi connectivity index (χ1n) is 4.49. The molecule has 1 saturated heterocycles. The number of rotatable bonds is 2. The van der Waals surface area contributed by atoms with E-state index in [9.17, 15) is 13.6 Å². The summed E-state index contributed by atoms with van der Waals surface area (Å²) >= 11 is 0. The highest BCUT2D eigenvalue weighted by atomic mass is 19.3. The normalized spacial score (nSPS) is 22.5. The van der Waals surface area contributed by atoms with E-state index in [1.807, 2.05) is 0 Å². The number of halogens is 2. The van der Waals surface area contributed by atoms with Crippen molar-refractivity contribution in [2.45, 2.75) is 32.2 Å². The number of carbonyl (C=O) groups is 1. The second-order valence-electron chi connectivity index (χ2n) is 3.07. The maximum Gasteiger partial charge on any atom is 0.317 e. The van der Waals surface area contributed by atoms with Crippen LogP contribution in [0.15, 0.2) is 0 Å². The minimum Gasteiger partial charge on any atom is -0.338 e. The summed E-state index contributed by atoms with van der Waals surface area (Å²) in [5.41, 5.74) is 0. The summed E-state index contributed by atoms with van der Waals surface area (Å²) in [5, 5.41) is 2.53. The van der Waals surface area contributed by atoms with Crippen molar-refractivity contribution in [3.05, 3.63) is 0 Å². The summed E-state index contributed by atoms with van der Waals surface area (Å²) in [6, 6.07) is -1.25. The Morgan fingerprint density at radius 1 is 1.69 bits per heavy atom. The summed E-state index contributed by atoms with van der Waals surface area (Å²) in [6.45, 7) is 2.69. The van der Waals surface area contributed by atoms with E-state index in [0.29, 0.717) is 25.9 Å². The number of carbonyl (C=O) groups excluding carboxylic acids is 1. The van der Waals surface area contributed by atoms with Gasteiger partial charge in [-0.1, -0.05) is 0 Å². The van der Waals surface area contributed by atoms with Gasteiger partial charge in [-0.3, -0.25) is 0 Å². The average Bonchev–Trinajstić information content (AvgIpc) is 2.52. The molecule has 0 aromatic carbocycles. The quantitative estimate of drug-likeness (QED) is 0.705. The lowest BCUT2D eigenvalue weighted by atomic mass is 10.2. The zero-order chi connectivity index (χ0) is 9.84. The first kappa shape index (κ1) is 10.2. The van der Waals surface area contributed by atoms with Crippen LogP contribution < -0.4 is 5.32 Å². The van der Waals surface area contributed by atoms with E-state index < -0.39 is 12.5 Å². The van der Waals surface area contributed by atoms with Gasteiger partial charge in [0.1, 0.15) is 0 Å². The Hall–Kier alpha value is -0.870. The van der Waals surface area contributed by atoms with Crippen LogP contribution in [0.4, 0.5) is 13.6 Å². The molecule has 0 aromatic rings. The van der Waals surface area contributed by atoms with Crippen molar-refractivity contribution >= 4 is 6.03 Å². The highest BCUT2D eigenvalue weighted by molar-refractivity contribution is 5.74.